The average Bonchev–Trinajstić information content (AvgIpc) is 2.92. The van der Waals surface area contributed by atoms with E-state index in [-0.39, 0.29) is 45.7 Å². The molecule has 1 N–H and O–H groups in total. The van der Waals surface area contributed by atoms with Crippen LogP contribution in [0.2, 0.25) is 5.02 Å². The van der Waals surface area contributed by atoms with Crippen LogP contribution in [0.4, 0.5) is 5.69 Å². The predicted octanol–water partition coefficient (Wildman–Crippen LogP) is 8.08. The first-order valence-corrected chi connectivity index (χ1v) is 16.3. The second-order valence-corrected chi connectivity index (χ2v) is 14.6. The molecule has 1 amide bonds. The van der Waals surface area contributed by atoms with Crippen molar-refractivity contribution in [3.05, 3.63) is 74.6 Å². The molecule has 0 aromatic heterocycles. The molecule has 0 spiro atoms. The summed E-state index contributed by atoms with van der Waals surface area (Å²) in [5.41, 5.74) is 6.42. The van der Waals surface area contributed by atoms with Crippen molar-refractivity contribution in [3.63, 3.8) is 0 Å². The smallest absolute Gasteiger partial charge is 0.262 e. The summed E-state index contributed by atoms with van der Waals surface area (Å²) in [4.78, 5) is 43.1. The number of anilines is 1. The summed E-state index contributed by atoms with van der Waals surface area (Å²) in [5, 5.41) is 3.16. The van der Waals surface area contributed by atoms with Gasteiger partial charge in [-0.2, -0.15) is 0 Å². The minimum atomic E-state index is -0.552. The lowest BCUT2D eigenvalue weighted by Crippen LogP contribution is -2.44. The van der Waals surface area contributed by atoms with Crippen LogP contribution in [0.25, 0.3) is 0 Å². The Balaban J connectivity index is 1.56. The number of aryl methyl sites for hydroxylation is 2. The molecular weight excluding hydrogens is 588 g/mol. The SMILES string of the molecule is CCOc1cc(C2C3=C(CC(C)(C)CC3=O)N(CC)C3=C2C(=O)CC(C)(C)C3)cc(Cl)c1OCC(=O)Nc1cc(C)ccc1C. The van der Waals surface area contributed by atoms with E-state index in [1.54, 1.807) is 6.07 Å². The van der Waals surface area contributed by atoms with Crippen LogP contribution < -0.4 is 14.8 Å². The Morgan fingerprint density at radius 1 is 0.911 bits per heavy atom. The summed E-state index contributed by atoms with van der Waals surface area (Å²) in [6.07, 6.45) is 2.30. The van der Waals surface area contributed by atoms with Crippen molar-refractivity contribution >= 4 is 34.8 Å². The standard InChI is InChI=1S/C37H45ClN2O5/c1-9-40-26-16-36(5,6)18-28(41)33(26)32(34-27(40)17-37(7,8)19-29(34)42)23-14-24(38)35(30(15-23)44-10-2)45-20-31(43)39-25-13-21(3)11-12-22(25)4/h11-15,32H,9-10,16-20H2,1-8H3,(H,39,43). The van der Waals surface area contributed by atoms with Crippen LogP contribution >= 0.6 is 11.6 Å². The van der Waals surface area contributed by atoms with Crippen LogP contribution in [0.5, 0.6) is 11.5 Å². The minimum absolute atomic E-state index is 0.0615. The number of ether oxygens (including phenoxy) is 2. The first kappa shape index (κ1) is 32.8. The van der Waals surface area contributed by atoms with Gasteiger partial charge in [0.1, 0.15) is 0 Å². The van der Waals surface area contributed by atoms with Crippen LogP contribution in [0, 0.1) is 24.7 Å². The average molecular weight is 633 g/mol. The molecule has 0 fully saturated rings. The maximum atomic E-state index is 14.0. The summed E-state index contributed by atoms with van der Waals surface area (Å²) in [6.45, 7) is 17.1. The van der Waals surface area contributed by atoms with Gasteiger partial charge in [0.15, 0.2) is 29.7 Å². The molecule has 0 saturated carbocycles. The molecule has 2 aromatic carbocycles. The fourth-order valence-electron chi connectivity index (χ4n) is 7.11. The molecule has 2 aromatic rings. The van der Waals surface area contributed by atoms with Crippen molar-refractivity contribution < 1.29 is 23.9 Å². The van der Waals surface area contributed by atoms with E-state index in [4.69, 9.17) is 21.1 Å². The van der Waals surface area contributed by atoms with Crippen LogP contribution in [0.3, 0.4) is 0 Å². The lowest BCUT2D eigenvalue weighted by Gasteiger charge is -2.49. The molecular formula is C37H45ClN2O5. The van der Waals surface area contributed by atoms with Gasteiger partial charge in [-0.15, -0.1) is 0 Å². The molecule has 0 radical (unpaired) electrons. The summed E-state index contributed by atoms with van der Waals surface area (Å²) in [6, 6.07) is 9.46. The molecule has 8 heteroatoms. The molecule has 0 bridgehead atoms. The number of hydrogen-bond acceptors (Lipinski definition) is 6. The molecule has 0 saturated heterocycles. The molecule has 0 atom stereocenters. The molecule has 5 rings (SSSR count). The van der Waals surface area contributed by atoms with Gasteiger partial charge in [-0.3, -0.25) is 14.4 Å². The number of rotatable bonds is 8. The second-order valence-electron chi connectivity index (χ2n) is 14.2. The maximum absolute atomic E-state index is 14.0. The van der Waals surface area contributed by atoms with Gasteiger partial charge in [0.05, 0.1) is 11.6 Å². The highest BCUT2D eigenvalue weighted by molar-refractivity contribution is 6.32. The number of carbonyl (C=O) groups is 3. The van der Waals surface area contributed by atoms with Gasteiger partial charge in [0.25, 0.3) is 5.91 Å². The van der Waals surface area contributed by atoms with Crippen LogP contribution in [0.15, 0.2) is 52.9 Å². The van der Waals surface area contributed by atoms with E-state index in [2.05, 4.69) is 44.8 Å². The normalized spacial score (nSPS) is 19.4. The first-order chi connectivity index (χ1) is 21.1. The van der Waals surface area contributed by atoms with Gasteiger partial charge >= 0.3 is 0 Å². The van der Waals surface area contributed by atoms with Crippen molar-refractivity contribution in [3.8, 4) is 11.5 Å². The van der Waals surface area contributed by atoms with Crippen molar-refractivity contribution in [2.24, 2.45) is 10.8 Å². The summed E-state index contributed by atoms with van der Waals surface area (Å²) < 4.78 is 12.0. The number of amides is 1. The summed E-state index contributed by atoms with van der Waals surface area (Å²) in [5.74, 6) is -0.135. The Morgan fingerprint density at radius 3 is 2.07 bits per heavy atom. The number of Topliss-reactive ketones (excluding diaryl/α,β-unsaturated/α-hetero) is 2. The predicted molar refractivity (Wildman–Crippen MR) is 178 cm³/mol. The van der Waals surface area contributed by atoms with Gasteiger partial charge in [-0.1, -0.05) is 51.4 Å². The molecule has 3 aliphatic rings. The molecule has 1 heterocycles. The number of nitrogens with zero attached hydrogens (tertiary/aromatic N) is 1. The van der Waals surface area contributed by atoms with Gasteiger partial charge in [0.2, 0.25) is 0 Å². The molecule has 240 valence electrons. The zero-order valence-corrected chi connectivity index (χ0v) is 28.5. The minimum Gasteiger partial charge on any atom is -0.490 e. The van der Waals surface area contributed by atoms with E-state index < -0.39 is 5.92 Å². The number of carbonyl (C=O) groups excluding carboxylic acids is 3. The third-order valence-corrected chi connectivity index (χ3v) is 9.30. The Hall–Kier alpha value is -3.58. The van der Waals surface area contributed by atoms with Crippen LogP contribution in [0.1, 0.15) is 89.8 Å². The lowest BCUT2D eigenvalue weighted by molar-refractivity contribution is -0.120. The van der Waals surface area contributed by atoms with Crippen molar-refractivity contribution in [2.45, 2.75) is 87.0 Å². The van der Waals surface area contributed by atoms with Gasteiger partial charge < -0.3 is 19.7 Å². The van der Waals surface area contributed by atoms with Gasteiger partial charge in [-0.25, -0.2) is 0 Å². The van der Waals surface area contributed by atoms with E-state index in [0.29, 0.717) is 48.5 Å². The first-order valence-electron chi connectivity index (χ1n) is 15.9. The Kier molecular flexibility index (Phi) is 8.98. The maximum Gasteiger partial charge on any atom is 0.262 e. The molecule has 0 unspecified atom stereocenters. The monoisotopic (exact) mass is 632 g/mol. The summed E-state index contributed by atoms with van der Waals surface area (Å²) >= 11 is 6.90. The highest BCUT2D eigenvalue weighted by Crippen LogP contribution is 2.55. The van der Waals surface area contributed by atoms with E-state index >= 15 is 0 Å². The van der Waals surface area contributed by atoms with E-state index in [0.717, 1.165) is 41.1 Å². The van der Waals surface area contributed by atoms with Crippen molar-refractivity contribution in [1.29, 1.82) is 0 Å². The van der Waals surface area contributed by atoms with Crippen LogP contribution in [-0.4, -0.2) is 42.1 Å². The largest absolute Gasteiger partial charge is 0.490 e. The molecule has 1 aliphatic heterocycles. The van der Waals surface area contributed by atoms with Crippen LogP contribution in [-0.2, 0) is 14.4 Å². The highest BCUT2D eigenvalue weighted by Gasteiger charge is 2.48. The zero-order chi connectivity index (χ0) is 32.8. The fraction of sp³-hybridized carbons (Fsp3) is 0.486. The number of ketones is 2. The van der Waals surface area contributed by atoms with Crippen molar-refractivity contribution in [2.75, 3.05) is 25.1 Å². The second kappa shape index (κ2) is 12.3. The third kappa shape index (κ3) is 6.55. The lowest BCUT2D eigenvalue weighted by atomic mass is 9.63. The number of nitrogens with one attached hydrogen (secondary N) is 1. The van der Waals surface area contributed by atoms with Gasteiger partial charge in [0, 0.05) is 53.5 Å². The number of hydrogen-bond donors (Lipinski definition) is 1. The van der Waals surface area contributed by atoms with E-state index in [9.17, 15) is 14.4 Å². The third-order valence-electron chi connectivity index (χ3n) is 9.02. The van der Waals surface area contributed by atoms with Crippen molar-refractivity contribution in [1.82, 2.24) is 4.90 Å². The van der Waals surface area contributed by atoms with E-state index in [1.165, 1.54) is 0 Å². The number of allylic oxidation sites excluding steroid dienone is 4. The highest BCUT2D eigenvalue weighted by atomic mass is 35.5. The Labute approximate surface area is 272 Å². The fourth-order valence-corrected chi connectivity index (χ4v) is 7.39. The Morgan fingerprint density at radius 2 is 1.51 bits per heavy atom. The molecule has 45 heavy (non-hydrogen) atoms. The quantitative estimate of drug-likeness (QED) is 0.317. The number of benzene rings is 2. The zero-order valence-electron chi connectivity index (χ0n) is 27.8. The van der Waals surface area contributed by atoms with Gasteiger partial charge in [-0.05, 0) is 86.3 Å². The molecule has 7 nitrogen and oxygen atoms in total. The molecule has 2 aliphatic carbocycles. The van der Waals surface area contributed by atoms with E-state index in [1.807, 2.05) is 45.0 Å². The summed E-state index contributed by atoms with van der Waals surface area (Å²) in [7, 11) is 0. The number of halogens is 1. The Bertz CT molecular complexity index is 1580. The topological polar surface area (TPSA) is 84.9 Å².